The molecule has 0 unspecified atom stereocenters. The average molecular weight is 121 g/mol. The van der Waals surface area contributed by atoms with Crippen LogP contribution in [0.4, 0.5) is 5.82 Å². The molecular weight excluding hydrogens is 114 g/mol. The Balaban J connectivity index is 2.46. The second-order valence-electron chi connectivity index (χ2n) is 2.02. The zero-order valence-electron chi connectivity index (χ0n) is 4.89. The lowest BCUT2D eigenvalue weighted by atomic mass is 10.2. The Morgan fingerprint density at radius 3 is 3.44 bits per heavy atom. The van der Waals surface area contributed by atoms with Gasteiger partial charge in [-0.05, 0) is 12.6 Å². The van der Waals surface area contributed by atoms with Crippen LogP contribution in [0, 0.1) is 0 Å². The topological polar surface area (TPSA) is 40.7 Å². The van der Waals surface area contributed by atoms with Gasteiger partial charge in [0.15, 0.2) is 0 Å². The predicted octanol–water partition coefficient (Wildman–Crippen LogP) is 0.891. The summed E-state index contributed by atoms with van der Waals surface area (Å²) in [5.41, 5.74) is 1.23. The zero-order valence-corrected chi connectivity index (χ0v) is 4.89. The van der Waals surface area contributed by atoms with Gasteiger partial charge in [0, 0.05) is 5.56 Å². The molecular formula is C6H7N3. The van der Waals surface area contributed by atoms with Crippen LogP contribution < -0.4 is 5.32 Å². The third-order valence-electron chi connectivity index (χ3n) is 1.40. The summed E-state index contributed by atoms with van der Waals surface area (Å²) < 4.78 is 0. The molecule has 0 saturated carbocycles. The van der Waals surface area contributed by atoms with Crippen molar-refractivity contribution in [2.45, 2.75) is 6.42 Å². The summed E-state index contributed by atoms with van der Waals surface area (Å²) in [5.74, 6) is 1.03. The van der Waals surface area contributed by atoms with Gasteiger partial charge in [-0.15, -0.1) is 0 Å². The van der Waals surface area contributed by atoms with Gasteiger partial charge in [0.2, 0.25) is 0 Å². The van der Waals surface area contributed by atoms with Gasteiger partial charge in [-0.3, -0.25) is 5.10 Å². The number of rotatable bonds is 0. The highest BCUT2D eigenvalue weighted by atomic mass is 15.2. The van der Waals surface area contributed by atoms with E-state index in [1.54, 1.807) is 0 Å². The summed E-state index contributed by atoms with van der Waals surface area (Å²) in [5, 5.41) is 9.77. The van der Waals surface area contributed by atoms with Crippen molar-refractivity contribution in [1.82, 2.24) is 10.2 Å². The average Bonchev–Trinajstić information content (AvgIpc) is 2.33. The molecule has 3 heteroatoms. The van der Waals surface area contributed by atoms with Gasteiger partial charge in [0.1, 0.15) is 5.82 Å². The summed E-state index contributed by atoms with van der Waals surface area (Å²) in [7, 11) is 0. The molecule has 0 fully saturated rings. The minimum absolute atomic E-state index is 0.985. The lowest BCUT2D eigenvalue weighted by Gasteiger charge is -2.03. The first-order valence-corrected chi connectivity index (χ1v) is 2.90. The van der Waals surface area contributed by atoms with E-state index in [1.165, 1.54) is 5.56 Å². The number of aromatic nitrogens is 2. The molecule has 2 rings (SSSR count). The van der Waals surface area contributed by atoms with Gasteiger partial charge in [0.25, 0.3) is 0 Å². The summed E-state index contributed by atoms with van der Waals surface area (Å²) in [6.45, 7) is 0. The molecule has 0 saturated heterocycles. The Labute approximate surface area is 52.8 Å². The molecule has 0 atom stereocenters. The highest BCUT2D eigenvalue weighted by Crippen LogP contribution is 2.14. The molecule has 0 aromatic carbocycles. The van der Waals surface area contributed by atoms with Gasteiger partial charge in [0.05, 0.1) is 6.20 Å². The Bertz CT molecular complexity index is 214. The van der Waals surface area contributed by atoms with E-state index >= 15 is 0 Å². The molecule has 2 N–H and O–H groups in total. The number of hydrogen-bond acceptors (Lipinski definition) is 2. The Morgan fingerprint density at radius 1 is 1.56 bits per heavy atom. The van der Waals surface area contributed by atoms with E-state index in [2.05, 4.69) is 21.6 Å². The monoisotopic (exact) mass is 121 g/mol. The SMILES string of the molecule is C1=CNc2[nH]ncc2C1. The van der Waals surface area contributed by atoms with E-state index in [1.807, 2.05) is 12.4 Å². The number of nitrogens with zero attached hydrogens (tertiary/aromatic N) is 1. The first kappa shape index (κ1) is 4.61. The van der Waals surface area contributed by atoms with Gasteiger partial charge in [-0.1, -0.05) is 6.08 Å². The number of nitrogens with one attached hydrogen (secondary N) is 2. The Kier molecular flexibility index (Phi) is 0.828. The van der Waals surface area contributed by atoms with Crippen molar-refractivity contribution in [1.29, 1.82) is 0 Å². The van der Waals surface area contributed by atoms with Crippen LogP contribution in [-0.2, 0) is 6.42 Å². The quantitative estimate of drug-likeness (QED) is 0.535. The molecule has 1 aliphatic rings. The van der Waals surface area contributed by atoms with Crippen LogP contribution in [0.3, 0.4) is 0 Å². The third-order valence-corrected chi connectivity index (χ3v) is 1.40. The molecule has 1 aromatic rings. The fraction of sp³-hybridized carbons (Fsp3) is 0.167. The molecule has 0 amide bonds. The van der Waals surface area contributed by atoms with Crippen molar-refractivity contribution in [2.24, 2.45) is 0 Å². The molecule has 0 spiro atoms. The van der Waals surface area contributed by atoms with Crippen LogP contribution in [0.15, 0.2) is 18.5 Å². The van der Waals surface area contributed by atoms with Crippen molar-refractivity contribution in [3.05, 3.63) is 24.0 Å². The van der Waals surface area contributed by atoms with Gasteiger partial charge in [-0.25, -0.2) is 0 Å². The largest absolute Gasteiger partial charge is 0.347 e. The number of hydrogen-bond donors (Lipinski definition) is 2. The molecule has 1 aliphatic heterocycles. The minimum Gasteiger partial charge on any atom is -0.347 e. The first-order chi connectivity index (χ1) is 4.47. The van der Waals surface area contributed by atoms with Crippen LogP contribution in [0.1, 0.15) is 5.56 Å². The van der Waals surface area contributed by atoms with Crippen LogP contribution in [0.5, 0.6) is 0 Å². The Morgan fingerprint density at radius 2 is 2.56 bits per heavy atom. The zero-order chi connectivity index (χ0) is 6.10. The summed E-state index contributed by atoms with van der Waals surface area (Å²) in [6.07, 6.45) is 6.81. The standard InChI is InChI=1S/C6H7N3/c1-2-5-4-8-9-6(5)7-3-1/h1,3-4H,2H2,(H2,7,8,9). The highest BCUT2D eigenvalue weighted by Gasteiger charge is 2.03. The minimum atomic E-state index is 0.985. The molecule has 1 aromatic heterocycles. The van der Waals surface area contributed by atoms with Gasteiger partial charge in [-0.2, -0.15) is 5.10 Å². The van der Waals surface area contributed by atoms with Crippen molar-refractivity contribution >= 4 is 5.82 Å². The summed E-state index contributed by atoms with van der Waals surface area (Å²) >= 11 is 0. The van der Waals surface area contributed by atoms with E-state index in [0.29, 0.717) is 0 Å². The normalized spacial score (nSPS) is 14.7. The van der Waals surface area contributed by atoms with Crippen LogP contribution in [0.25, 0.3) is 0 Å². The fourth-order valence-electron chi connectivity index (χ4n) is 0.919. The lowest BCUT2D eigenvalue weighted by Crippen LogP contribution is -1.96. The Hall–Kier alpha value is -1.25. The number of H-pyrrole nitrogens is 1. The summed E-state index contributed by atoms with van der Waals surface area (Å²) in [6, 6.07) is 0. The molecule has 0 radical (unpaired) electrons. The molecule has 0 aliphatic carbocycles. The van der Waals surface area contributed by atoms with Crippen LogP contribution in [-0.4, -0.2) is 10.2 Å². The third kappa shape index (κ3) is 0.614. The summed E-state index contributed by atoms with van der Waals surface area (Å²) in [4.78, 5) is 0. The molecule has 9 heavy (non-hydrogen) atoms. The first-order valence-electron chi connectivity index (χ1n) is 2.90. The smallest absolute Gasteiger partial charge is 0.128 e. The second kappa shape index (κ2) is 1.62. The number of allylic oxidation sites excluding steroid dienone is 1. The van der Waals surface area contributed by atoms with Gasteiger partial charge >= 0.3 is 0 Å². The van der Waals surface area contributed by atoms with Crippen molar-refractivity contribution < 1.29 is 0 Å². The van der Waals surface area contributed by atoms with E-state index in [9.17, 15) is 0 Å². The fourth-order valence-corrected chi connectivity index (χ4v) is 0.919. The molecule has 2 heterocycles. The van der Waals surface area contributed by atoms with Crippen LogP contribution >= 0.6 is 0 Å². The van der Waals surface area contributed by atoms with Crippen molar-refractivity contribution in [3.8, 4) is 0 Å². The van der Waals surface area contributed by atoms with E-state index in [-0.39, 0.29) is 0 Å². The lowest BCUT2D eigenvalue weighted by molar-refractivity contribution is 1.09. The number of aromatic amines is 1. The van der Waals surface area contributed by atoms with Crippen LogP contribution in [0.2, 0.25) is 0 Å². The van der Waals surface area contributed by atoms with Crippen molar-refractivity contribution in [3.63, 3.8) is 0 Å². The maximum atomic E-state index is 3.88. The predicted molar refractivity (Wildman–Crippen MR) is 35.1 cm³/mol. The molecule has 46 valence electrons. The molecule has 3 nitrogen and oxygen atoms in total. The van der Waals surface area contributed by atoms with Gasteiger partial charge < -0.3 is 5.32 Å². The maximum absolute atomic E-state index is 3.88. The highest BCUT2D eigenvalue weighted by molar-refractivity contribution is 5.48. The second-order valence-corrected chi connectivity index (χ2v) is 2.02. The number of fused-ring (bicyclic) bond motifs is 1. The molecule has 0 bridgehead atoms. The van der Waals surface area contributed by atoms with E-state index < -0.39 is 0 Å². The van der Waals surface area contributed by atoms with E-state index in [4.69, 9.17) is 0 Å². The van der Waals surface area contributed by atoms with E-state index in [0.717, 1.165) is 12.2 Å². The number of anilines is 1. The maximum Gasteiger partial charge on any atom is 0.128 e. The van der Waals surface area contributed by atoms with Crippen molar-refractivity contribution in [2.75, 3.05) is 5.32 Å².